The molecule has 1 unspecified atom stereocenters. The third-order valence-electron chi connectivity index (χ3n) is 3.23. The Bertz CT molecular complexity index is 726. The minimum atomic E-state index is -3.98. The van der Waals surface area contributed by atoms with Gasteiger partial charge in [-0.1, -0.05) is 12.1 Å². The van der Waals surface area contributed by atoms with E-state index >= 15 is 0 Å². The van der Waals surface area contributed by atoms with Gasteiger partial charge in [0.15, 0.2) is 5.78 Å². The van der Waals surface area contributed by atoms with Gasteiger partial charge in [-0.05, 0) is 19.1 Å². The molecule has 1 aliphatic rings. The molecule has 21 heavy (non-hydrogen) atoms. The van der Waals surface area contributed by atoms with Gasteiger partial charge in [0, 0.05) is 12.6 Å². The summed E-state index contributed by atoms with van der Waals surface area (Å²) in [7, 11) is -2.68. The molecule has 0 spiro atoms. The van der Waals surface area contributed by atoms with E-state index in [2.05, 4.69) is 4.72 Å². The van der Waals surface area contributed by atoms with Gasteiger partial charge in [0.25, 0.3) is 0 Å². The van der Waals surface area contributed by atoms with Crippen LogP contribution >= 0.6 is 0 Å². The molecule has 8 heteroatoms. The molecule has 112 valence electrons. The first-order chi connectivity index (χ1) is 9.72. The topological polar surface area (TPSA) is 101 Å². The fourth-order valence-corrected chi connectivity index (χ4v) is 3.22. The maximum Gasteiger partial charge on any atom is 0.247 e. The molecular formula is C13H14N2O5S. The second-order valence-corrected chi connectivity index (χ2v) is 6.47. The molecule has 1 fully saturated rings. The van der Waals surface area contributed by atoms with Crippen molar-refractivity contribution in [2.24, 2.45) is 0 Å². The molecule has 1 N–H and O–H groups in total. The average Bonchev–Trinajstić information content (AvgIpc) is 2.66. The lowest BCUT2D eigenvalue weighted by Crippen LogP contribution is -2.40. The van der Waals surface area contributed by atoms with Crippen LogP contribution in [0.5, 0.6) is 0 Å². The zero-order valence-electron chi connectivity index (χ0n) is 11.5. The molecule has 0 bridgehead atoms. The lowest BCUT2D eigenvalue weighted by molar-refractivity contribution is -0.137. The number of likely N-dealkylation sites (tertiary alicyclic amines) is 1. The molecule has 1 aromatic carbocycles. The van der Waals surface area contributed by atoms with Crippen LogP contribution in [0, 0.1) is 0 Å². The van der Waals surface area contributed by atoms with Crippen molar-refractivity contribution in [2.75, 3.05) is 7.05 Å². The van der Waals surface area contributed by atoms with E-state index in [1.54, 1.807) is 0 Å². The van der Waals surface area contributed by atoms with Crippen LogP contribution in [0.15, 0.2) is 29.2 Å². The van der Waals surface area contributed by atoms with Gasteiger partial charge in [-0.2, -0.15) is 4.72 Å². The largest absolute Gasteiger partial charge is 0.295 e. The van der Waals surface area contributed by atoms with Gasteiger partial charge >= 0.3 is 0 Å². The number of nitrogens with one attached hydrogen (secondary N) is 1. The lowest BCUT2D eigenvalue weighted by atomic mass is 10.2. The molecular weight excluding hydrogens is 296 g/mol. The summed E-state index contributed by atoms with van der Waals surface area (Å²) in [5.74, 6) is -1.30. The van der Waals surface area contributed by atoms with Gasteiger partial charge in [-0.25, -0.2) is 8.42 Å². The SMILES string of the molecule is CC(=O)c1cccc(S(=O)(=O)NC2CC(=O)N(C)C2=O)c1. The fraction of sp³-hybridized carbons (Fsp3) is 0.308. The predicted molar refractivity (Wildman–Crippen MR) is 73.0 cm³/mol. The third kappa shape index (κ3) is 3.01. The van der Waals surface area contributed by atoms with E-state index < -0.39 is 27.9 Å². The van der Waals surface area contributed by atoms with Crippen LogP contribution in [-0.2, 0) is 19.6 Å². The number of rotatable bonds is 4. The second-order valence-electron chi connectivity index (χ2n) is 4.75. The second kappa shape index (κ2) is 5.38. The standard InChI is InChI=1S/C13H14N2O5S/c1-8(16)9-4-3-5-10(6-9)21(19,20)14-11-7-12(17)15(2)13(11)18/h3-6,11,14H,7H2,1-2H3. The highest BCUT2D eigenvalue weighted by Crippen LogP contribution is 2.16. The molecule has 2 amide bonds. The van der Waals surface area contributed by atoms with Crippen molar-refractivity contribution in [3.8, 4) is 0 Å². The monoisotopic (exact) mass is 310 g/mol. The van der Waals surface area contributed by atoms with Crippen molar-refractivity contribution < 1.29 is 22.8 Å². The Balaban J connectivity index is 2.27. The molecule has 1 aromatic rings. The van der Waals surface area contributed by atoms with E-state index in [4.69, 9.17) is 0 Å². The Morgan fingerprint density at radius 1 is 1.33 bits per heavy atom. The van der Waals surface area contributed by atoms with E-state index in [1.165, 1.54) is 38.2 Å². The van der Waals surface area contributed by atoms with E-state index in [-0.39, 0.29) is 22.7 Å². The minimum Gasteiger partial charge on any atom is -0.295 e. The first-order valence-corrected chi connectivity index (χ1v) is 7.64. The van der Waals surface area contributed by atoms with Crippen molar-refractivity contribution in [3.63, 3.8) is 0 Å². The highest BCUT2D eigenvalue weighted by Gasteiger charge is 2.38. The Morgan fingerprint density at radius 2 is 2.00 bits per heavy atom. The summed E-state index contributed by atoms with van der Waals surface area (Å²) in [5, 5.41) is 0. The normalized spacial score (nSPS) is 19.1. The quantitative estimate of drug-likeness (QED) is 0.619. The summed E-state index contributed by atoms with van der Waals surface area (Å²) in [6.07, 6.45) is -0.207. The fourth-order valence-electron chi connectivity index (χ4n) is 1.99. The summed E-state index contributed by atoms with van der Waals surface area (Å²) in [6, 6.07) is 4.39. The number of hydrogen-bond donors (Lipinski definition) is 1. The molecule has 0 aromatic heterocycles. The summed E-state index contributed by atoms with van der Waals surface area (Å²) in [5.41, 5.74) is 0.254. The molecule has 1 heterocycles. The predicted octanol–water partition coefficient (Wildman–Crippen LogP) is -0.0752. The zero-order chi connectivity index (χ0) is 15.8. The van der Waals surface area contributed by atoms with Crippen molar-refractivity contribution in [1.29, 1.82) is 0 Å². The van der Waals surface area contributed by atoms with Gasteiger partial charge in [-0.3, -0.25) is 19.3 Å². The van der Waals surface area contributed by atoms with E-state index in [9.17, 15) is 22.8 Å². The van der Waals surface area contributed by atoms with Crippen LogP contribution < -0.4 is 4.72 Å². The lowest BCUT2D eigenvalue weighted by Gasteiger charge is -2.12. The summed E-state index contributed by atoms with van der Waals surface area (Å²) in [4.78, 5) is 35.2. The summed E-state index contributed by atoms with van der Waals surface area (Å²) in [6.45, 7) is 1.33. The van der Waals surface area contributed by atoms with Crippen molar-refractivity contribution in [1.82, 2.24) is 9.62 Å². The summed E-state index contributed by atoms with van der Waals surface area (Å²) >= 11 is 0. The van der Waals surface area contributed by atoms with Crippen LogP contribution in [0.4, 0.5) is 0 Å². The smallest absolute Gasteiger partial charge is 0.247 e. The number of nitrogens with zero attached hydrogens (tertiary/aromatic N) is 1. The number of Topliss-reactive ketones (excluding diaryl/α,β-unsaturated/α-hetero) is 1. The third-order valence-corrected chi connectivity index (χ3v) is 4.70. The Kier molecular flexibility index (Phi) is 3.93. The van der Waals surface area contributed by atoms with Crippen LogP contribution in [0.2, 0.25) is 0 Å². The minimum absolute atomic E-state index is 0.120. The van der Waals surface area contributed by atoms with Gasteiger partial charge in [0.2, 0.25) is 21.8 Å². The molecule has 0 saturated carbocycles. The Morgan fingerprint density at radius 3 is 2.52 bits per heavy atom. The number of amides is 2. The maximum atomic E-state index is 12.2. The van der Waals surface area contributed by atoms with E-state index in [0.29, 0.717) is 0 Å². The molecule has 1 aliphatic heterocycles. The Hall–Kier alpha value is -2.06. The molecule has 1 saturated heterocycles. The van der Waals surface area contributed by atoms with Crippen molar-refractivity contribution in [3.05, 3.63) is 29.8 Å². The number of imide groups is 1. The molecule has 2 rings (SSSR count). The first kappa shape index (κ1) is 15.3. The van der Waals surface area contributed by atoms with Gasteiger partial charge in [0.1, 0.15) is 6.04 Å². The van der Waals surface area contributed by atoms with Gasteiger partial charge < -0.3 is 0 Å². The number of likely N-dealkylation sites (N-methyl/N-ethyl adjacent to an activating group) is 1. The van der Waals surface area contributed by atoms with E-state index in [0.717, 1.165) is 4.90 Å². The Labute approximate surface area is 122 Å². The highest BCUT2D eigenvalue weighted by molar-refractivity contribution is 7.89. The van der Waals surface area contributed by atoms with Crippen LogP contribution in [-0.4, -0.2) is 44.0 Å². The highest BCUT2D eigenvalue weighted by atomic mass is 32.2. The van der Waals surface area contributed by atoms with Crippen LogP contribution in [0.3, 0.4) is 0 Å². The van der Waals surface area contributed by atoms with E-state index in [1.807, 2.05) is 0 Å². The number of hydrogen-bond acceptors (Lipinski definition) is 5. The summed E-state index contributed by atoms with van der Waals surface area (Å²) < 4.78 is 26.6. The maximum absolute atomic E-state index is 12.2. The molecule has 7 nitrogen and oxygen atoms in total. The van der Waals surface area contributed by atoms with Crippen LogP contribution in [0.1, 0.15) is 23.7 Å². The van der Waals surface area contributed by atoms with Gasteiger partial charge in [-0.15, -0.1) is 0 Å². The first-order valence-electron chi connectivity index (χ1n) is 6.16. The average molecular weight is 310 g/mol. The number of carbonyl (C=O) groups is 3. The zero-order valence-corrected chi connectivity index (χ0v) is 12.3. The number of ketones is 1. The number of benzene rings is 1. The molecule has 0 radical (unpaired) electrons. The molecule has 1 atom stereocenters. The van der Waals surface area contributed by atoms with Crippen LogP contribution in [0.25, 0.3) is 0 Å². The van der Waals surface area contributed by atoms with Crippen molar-refractivity contribution in [2.45, 2.75) is 24.3 Å². The van der Waals surface area contributed by atoms with Gasteiger partial charge in [0.05, 0.1) is 11.3 Å². The molecule has 0 aliphatic carbocycles. The van der Waals surface area contributed by atoms with Crippen molar-refractivity contribution >= 4 is 27.6 Å². The number of sulfonamides is 1. The number of carbonyl (C=O) groups excluding carboxylic acids is 3.